The highest BCUT2D eigenvalue weighted by Gasteiger charge is 2.37. The van der Waals surface area contributed by atoms with Gasteiger partial charge in [-0.2, -0.15) is 0 Å². The van der Waals surface area contributed by atoms with Crippen LogP contribution >= 0.6 is 86.9 Å². The maximum atomic E-state index is 12.7. The van der Waals surface area contributed by atoms with Crippen LogP contribution in [0.4, 0.5) is 0 Å². The normalized spacial score (nSPS) is 19.3. The molecule has 4 heterocycles. The summed E-state index contributed by atoms with van der Waals surface area (Å²) < 4.78 is 8.91. The van der Waals surface area contributed by atoms with Crippen molar-refractivity contribution in [3.63, 3.8) is 0 Å². The van der Waals surface area contributed by atoms with Crippen LogP contribution in [0.15, 0.2) is 66.7 Å². The highest BCUT2D eigenvalue weighted by Crippen LogP contribution is 2.47. The molecular weight excluding hydrogens is 1040 g/mol. The predicted octanol–water partition coefficient (Wildman–Crippen LogP) is 12.0. The summed E-state index contributed by atoms with van der Waals surface area (Å²) in [6, 6.07) is 12.7. The SMILES string of the molecule is COC(=O)CCCCC(=O)N1CCC([C@H]2c3ncc(Br)cc3CCc3cc(Cl)cc(Br)c32)CC1.Clc1cc(Br)c2c(c1)CCc1cc(Br)cnc1C2C1CCNCC1. The molecule has 2 aliphatic carbocycles. The molecule has 0 saturated carbocycles. The first-order chi connectivity index (χ1) is 28.0. The van der Waals surface area contributed by atoms with E-state index in [-0.39, 0.29) is 17.8 Å². The summed E-state index contributed by atoms with van der Waals surface area (Å²) in [6.45, 7) is 3.69. The summed E-state index contributed by atoms with van der Waals surface area (Å²) in [5.41, 5.74) is 10.4. The number of carbonyl (C=O) groups is 2. The van der Waals surface area contributed by atoms with Gasteiger partial charge in [0, 0.05) is 78.1 Å². The lowest BCUT2D eigenvalue weighted by molar-refractivity contribution is -0.141. The lowest BCUT2D eigenvalue weighted by Crippen LogP contribution is -2.40. The Bertz CT molecular complexity index is 2140. The molecule has 2 aromatic carbocycles. The zero-order valence-corrected chi connectivity index (χ0v) is 40.4. The zero-order valence-electron chi connectivity index (χ0n) is 32.6. The number of halogens is 6. The minimum atomic E-state index is -0.217. The van der Waals surface area contributed by atoms with Gasteiger partial charge >= 0.3 is 5.97 Å². The van der Waals surface area contributed by atoms with Crippen molar-refractivity contribution >= 4 is 98.8 Å². The predicted molar refractivity (Wildman–Crippen MR) is 246 cm³/mol. The van der Waals surface area contributed by atoms with E-state index in [1.54, 1.807) is 0 Å². The van der Waals surface area contributed by atoms with Crippen LogP contribution in [0.3, 0.4) is 0 Å². The van der Waals surface area contributed by atoms with Crippen LogP contribution in [-0.2, 0) is 40.0 Å². The van der Waals surface area contributed by atoms with Crippen molar-refractivity contribution in [2.45, 2.75) is 88.9 Å². The number of nitrogens with one attached hydrogen (secondary N) is 1. The molecule has 2 saturated heterocycles. The maximum absolute atomic E-state index is 12.7. The van der Waals surface area contributed by atoms with Crippen LogP contribution in [0.5, 0.6) is 0 Å². The van der Waals surface area contributed by atoms with E-state index in [1.807, 2.05) is 29.4 Å². The maximum Gasteiger partial charge on any atom is 0.305 e. The van der Waals surface area contributed by atoms with Crippen molar-refractivity contribution in [3.05, 3.63) is 121 Å². The molecule has 8 rings (SSSR count). The molecule has 4 aromatic rings. The van der Waals surface area contributed by atoms with Crippen molar-refractivity contribution in [1.82, 2.24) is 20.2 Å². The third kappa shape index (κ3) is 10.4. The number of carbonyl (C=O) groups excluding carboxylic acids is 2. The summed E-state index contributed by atoms with van der Waals surface area (Å²) in [4.78, 5) is 35.8. The van der Waals surface area contributed by atoms with Gasteiger partial charge in [-0.25, -0.2) is 0 Å². The van der Waals surface area contributed by atoms with E-state index in [9.17, 15) is 9.59 Å². The van der Waals surface area contributed by atoms with Crippen LogP contribution < -0.4 is 5.32 Å². The quantitative estimate of drug-likeness (QED) is 0.147. The Hall–Kier alpha value is -1.86. The van der Waals surface area contributed by atoms with Gasteiger partial charge in [-0.3, -0.25) is 19.6 Å². The molecule has 1 amide bonds. The summed E-state index contributed by atoms with van der Waals surface area (Å²) in [5.74, 6) is 1.49. The van der Waals surface area contributed by atoms with E-state index in [0.717, 1.165) is 98.3 Å². The fraction of sp³-hybridized carbons (Fsp3) is 0.467. The number of nitrogens with zero attached hydrogens (tertiary/aromatic N) is 3. The molecule has 0 bridgehead atoms. The van der Waals surface area contributed by atoms with Crippen LogP contribution in [0.25, 0.3) is 0 Å². The Kier molecular flexibility index (Phi) is 15.5. The molecule has 2 atom stereocenters. The number of benzene rings is 2. The number of ether oxygens (including phenoxy) is 1. The number of amides is 1. The number of aryl methyl sites for hydroxylation is 4. The van der Waals surface area contributed by atoms with Crippen LogP contribution in [0, 0.1) is 11.8 Å². The molecule has 2 aromatic heterocycles. The molecule has 0 spiro atoms. The molecule has 1 unspecified atom stereocenters. The molecule has 308 valence electrons. The number of esters is 1. The number of fused-ring (bicyclic) bond motifs is 4. The van der Waals surface area contributed by atoms with Crippen molar-refractivity contribution in [2.75, 3.05) is 33.3 Å². The Labute approximate surface area is 385 Å². The van der Waals surface area contributed by atoms with Gasteiger partial charge in [0.25, 0.3) is 0 Å². The molecule has 58 heavy (non-hydrogen) atoms. The van der Waals surface area contributed by atoms with Crippen LogP contribution in [0.1, 0.15) is 108 Å². The number of hydrogen-bond donors (Lipinski definition) is 1. The van der Waals surface area contributed by atoms with E-state index in [0.29, 0.717) is 43.4 Å². The summed E-state index contributed by atoms with van der Waals surface area (Å²) in [7, 11) is 1.39. The van der Waals surface area contributed by atoms with Gasteiger partial charge in [0.15, 0.2) is 0 Å². The molecule has 0 radical (unpaired) electrons. The molecule has 13 heteroatoms. The minimum Gasteiger partial charge on any atom is -0.469 e. The van der Waals surface area contributed by atoms with Gasteiger partial charge in [-0.1, -0.05) is 55.1 Å². The molecular formula is C45H48Br4Cl2N4O3. The Morgan fingerprint density at radius 2 is 1.16 bits per heavy atom. The first-order valence-electron chi connectivity index (χ1n) is 20.3. The van der Waals surface area contributed by atoms with Gasteiger partial charge in [0.1, 0.15) is 0 Å². The number of likely N-dealkylation sites (tertiary alicyclic amines) is 1. The highest BCUT2D eigenvalue weighted by atomic mass is 79.9. The van der Waals surface area contributed by atoms with Crippen LogP contribution in [-0.4, -0.2) is 60.0 Å². The van der Waals surface area contributed by atoms with Gasteiger partial charge in [-0.15, -0.1) is 0 Å². The second kappa shape index (κ2) is 20.3. The number of hydrogen-bond acceptors (Lipinski definition) is 6. The Morgan fingerprint density at radius 1 is 0.690 bits per heavy atom. The average molecular weight is 1080 g/mol. The number of aromatic nitrogens is 2. The molecule has 2 aliphatic heterocycles. The fourth-order valence-electron chi connectivity index (χ4n) is 9.53. The van der Waals surface area contributed by atoms with E-state index in [4.69, 9.17) is 33.2 Å². The summed E-state index contributed by atoms with van der Waals surface area (Å²) >= 11 is 27.5. The lowest BCUT2D eigenvalue weighted by Gasteiger charge is -2.37. The molecule has 4 aliphatic rings. The van der Waals surface area contributed by atoms with Gasteiger partial charge < -0.3 is 15.0 Å². The van der Waals surface area contributed by atoms with Crippen molar-refractivity contribution in [3.8, 4) is 0 Å². The topological polar surface area (TPSA) is 84.4 Å². The molecule has 1 N–H and O–H groups in total. The number of piperidine rings is 2. The smallest absolute Gasteiger partial charge is 0.305 e. The molecule has 2 fully saturated rings. The first-order valence-corrected chi connectivity index (χ1v) is 24.2. The van der Waals surface area contributed by atoms with E-state index >= 15 is 0 Å². The zero-order chi connectivity index (χ0) is 40.9. The summed E-state index contributed by atoms with van der Waals surface area (Å²) in [6.07, 6.45) is 14.2. The third-order valence-corrected chi connectivity index (χ3v) is 14.9. The standard InChI is InChI=1S/C26H29Br2ClN2O3.C19H19Br2ClN2/c1-34-23(33)5-3-2-4-22(32)31-10-8-16(9-11-31)25-24-17(13-20(29)14-21(24)28)6-7-18-12-19(27)15-30-26(18)25;20-14-7-13-2-1-12-8-15(22)9-16(21)17(12)18(19(13)24-10-14)11-3-5-23-6-4-11/h12-16,25H,2-11H2,1H3;7-11,18,23H,1-6H2/t25-;/m1./s1. The second-order valence-corrected chi connectivity index (χ2v) is 20.3. The van der Waals surface area contributed by atoms with E-state index in [1.165, 1.54) is 59.0 Å². The highest BCUT2D eigenvalue weighted by molar-refractivity contribution is 9.11. The van der Waals surface area contributed by atoms with Crippen molar-refractivity contribution in [1.29, 1.82) is 0 Å². The Balaban J connectivity index is 0.000000187. The van der Waals surface area contributed by atoms with Gasteiger partial charge in [-0.05, 0) is 191 Å². The molecule has 7 nitrogen and oxygen atoms in total. The number of pyridine rings is 2. The van der Waals surface area contributed by atoms with Crippen molar-refractivity contribution < 1.29 is 14.3 Å². The van der Waals surface area contributed by atoms with Crippen molar-refractivity contribution in [2.24, 2.45) is 11.8 Å². The third-order valence-electron chi connectivity index (χ3n) is 12.3. The number of rotatable bonds is 7. The van der Waals surface area contributed by atoms with Gasteiger partial charge in [0.2, 0.25) is 5.91 Å². The monoisotopic (exact) mass is 1080 g/mol. The van der Waals surface area contributed by atoms with Gasteiger partial charge in [0.05, 0.1) is 18.5 Å². The summed E-state index contributed by atoms with van der Waals surface area (Å²) in [5, 5.41) is 5.05. The van der Waals surface area contributed by atoms with E-state index in [2.05, 4.69) is 98.0 Å². The second-order valence-electron chi connectivity index (χ2n) is 15.9. The van der Waals surface area contributed by atoms with E-state index < -0.39 is 0 Å². The largest absolute Gasteiger partial charge is 0.469 e. The average Bonchev–Trinajstić information content (AvgIpc) is 3.48. The first kappa shape index (κ1) is 44.2. The lowest BCUT2D eigenvalue weighted by atomic mass is 9.76. The minimum absolute atomic E-state index is 0.171. The number of methoxy groups -OCH3 is 1. The van der Waals surface area contributed by atoms with Crippen LogP contribution in [0.2, 0.25) is 10.0 Å². The Morgan fingerprint density at radius 3 is 1.66 bits per heavy atom. The number of unbranched alkanes of at least 4 members (excludes halogenated alkanes) is 1. The fourth-order valence-corrected chi connectivity index (χ4v) is 12.5.